The third kappa shape index (κ3) is 4.04. The minimum absolute atomic E-state index is 0.0347. The Bertz CT molecular complexity index is 502. The number of aliphatic hydroxyl groups excluding tert-OH is 1. The molecular formula is C12H18FNO3S. The first-order chi connectivity index (χ1) is 8.36. The minimum atomic E-state index is -3.70. The fourth-order valence-electron chi connectivity index (χ4n) is 1.63. The zero-order chi connectivity index (χ0) is 13.8. The largest absolute Gasteiger partial charge is 0.392 e. The van der Waals surface area contributed by atoms with E-state index >= 15 is 0 Å². The van der Waals surface area contributed by atoms with Gasteiger partial charge in [-0.05, 0) is 37.1 Å². The number of hydrogen-bond acceptors (Lipinski definition) is 3. The topological polar surface area (TPSA) is 66.4 Å². The van der Waals surface area contributed by atoms with E-state index in [9.17, 15) is 17.9 Å². The molecule has 0 heterocycles. The van der Waals surface area contributed by atoms with Crippen LogP contribution in [-0.2, 0) is 10.0 Å². The van der Waals surface area contributed by atoms with Gasteiger partial charge in [-0.25, -0.2) is 17.5 Å². The van der Waals surface area contributed by atoms with Gasteiger partial charge in [-0.1, -0.05) is 13.3 Å². The lowest BCUT2D eigenvalue weighted by molar-refractivity contribution is 0.167. The highest BCUT2D eigenvalue weighted by Crippen LogP contribution is 2.15. The zero-order valence-corrected chi connectivity index (χ0v) is 11.3. The number of nitrogens with one attached hydrogen (secondary N) is 1. The molecule has 1 rings (SSSR count). The van der Waals surface area contributed by atoms with Gasteiger partial charge in [0.15, 0.2) is 0 Å². The van der Waals surface area contributed by atoms with E-state index < -0.39 is 21.9 Å². The van der Waals surface area contributed by atoms with Gasteiger partial charge < -0.3 is 5.11 Å². The van der Waals surface area contributed by atoms with E-state index in [2.05, 4.69) is 4.72 Å². The van der Waals surface area contributed by atoms with Crippen LogP contribution in [0.2, 0.25) is 0 Å². The van der Waals surface area contributed by atoms with Crippen LogP contribution < -0.4 is 4.72 Å². The lowest BCUT2D eigenvalue weighted by Crippen LogP contribution is -2.32. The van der Waals surface area contributed by atoms with Gasteiger partial charge in [-0.3, -0.25) is 0 Å². The van der Waals surface area contributed by atoms with Gasteiger partial charge in [0, 0.05) is 6.54 Å². The van der Waals surface area contributed by atoms with Crippen molar-refractivity contribution in [3.8, 4) is 0 Å². The summed E-state index contributed by atoms with van der Waals surface area (Å²) in [5.74, 6) is -0.475. The highest BCUT2D eigenvalue weighted by atomic mass is 32.2. The maximum Gasteiger partial charge on any atom is 0.240 e. The predicted octanol–water partition coefficient (Wildman–Crippen LogP) is 1.57. The minimum Gasteiger partial charge on any atom is -0.392 e. The standard InChI is InChI=1S/C12H18FNO3S/c1-3-4-11(15)8-14-18(16,17)12-6-5-10(13)7-9(12)2/h5-7,11,14-15H,3-4,8H2,1-2H3. The summed E-state index contributed by atoms with van der Waals surface area (Å²) in [4.78, 5) is 0.0348. The highest BCUT2D eigenvalue weighted by molar-refractivity contribution is 7.89. The first-order valence-corrected chi connectivity index (χ1v) is 7.29. The van der Waals surface area contributed by atoms with Gasteiger partial charge in [0.1, 0.15) is 5.82 Å². The third-order valence-corrected chi connectivity index (χ3v) is 4.14. The second-order valence-electron chi connectivity index (χ2n) is 4.20. The Labute approximate surface area is 107 Å². The van der Waals surface area contributed by atoms with Crippen molar-refractivity contribution in [3.05, 3.63) is 29.6 Å². The summed E-state index contributed by atoms with van der Waals surface area (Å²) in [5.41, 5.74) is 0.340. The molecule has 1 aromatic carbocycles. The van der Waals surface area contributed by atoms with E-state index in [1.165, 1.54) is 13.0 Å². The van der Waals surface area contributed by atoms with Gasteiger partial charge >= 0.3 is 0 Å². The Morgan fingerprint density at radius 2 is 2.11 bits per heavy atom. The van der Waals surface area contributed by atoms with Crippen molar-refractivity contribution in [2.75, 3.05) is 6.54 Å². The molecule has 0 spiro atoms. The van der Waals surface area contributed by atoms with Gasteiger partial charge in [-0.2, -0.15) is 0 Å². The number of benzene rings is 1. The Kier molecular flexibility index (Phi) is 5.25. The molecule has 0 amide bonds. The second kappa shape index (κ2) is 6.26. The fraction of sp³-hybridized carbons (Fsp3) is 0.500. The summed E-state index contributed by atoms with van der Waals surface area (Å²) in [6.45, 7) is 3.40. The van der Waals surface area contributed by atoms with E-state index in [0.717, 1.165) is 18.6 Å². The molecule has 0 aromatic heterocycles. The summed E-state index contributed by atoms with van der Waals surface area (Å²) in [6, 6.07) is 3.49. The van der Waals surface area contributed by atoms with E-state index in [-0.39, 0.29) is 11.4 Å². The molecule has 102 valence electrons. The molecule has 6 heteroatoms. The maximum absolute atomic E-state index is 12.9. The predicted molar refractivity (Wildman–Crippen MR) is 67.2 cm³/mol. The summed E-state index contributed by atoms with van der Waals surface area (Å²) in [6.07, 6.45) is 0.606. The van der Waals surface area contributed by atoms with Crippen LogP contribution in [0, 0.1) is 12.7 Å². The van der Waals surface area contributed by atoms with Crippen molar-refractivity contribution in [2.24, 2.45) is 0 Å². The van der Waals surface area contributed by atoms with Gasteiger partial charge in [0.05, 0.1) is 11.0 Å². The van der Waals surface area contributed by atoms with Gasteiger partial charge in [0.25, 0.3) is 0 Å². The number of hydrogen-bond donors (Lipinski definition) is 2. The quantitative estimate of drug-likeness (QED) is 0.828. The Hall–Kier alpha value is -0.980. The van der Waals surface area contributed by atoms with Crippen molar-refractivity contribution in [1.82, 2.24) is 4.72 Å². The Balaban J connectivity index is 2.80. The van der Waals surface area contributed by atoms with Crippen LogP contribution in [0.15, 0.2) is 23.1 Å². The van der Waals surface area contributed by atoms with Crippen LogP contribution >= 0.6 is 0 Å². The van der Waals surface area contributed by atoms with E-state index in [1.807, 2.05) is 6.92 Å². The molecule has 0 saturated heterocycles. The molecule has 1 unspecified atom stereocenters. The molecule has 1 atom stereocenters. The molecule has 0 saturated carbocycles. The van der Waals surface area contributed by atoms with Crippen LogP contribution in [-0.4, -0.2) is 26.2 Å². The molecule has 0 aliphatic carbocycles. The maximum atomic E-state index is 12.9. The number of rotatable bonds is 6. The van der Waals surface area contributed by atoms with Crippen LogP contribution in [0.4, 0.5) is 4.39 Å². The van der Waals surface area contributed by atoms with E-state index in [0.29, 0.717) is 12.0 Å². The highest BCUT2D eigenvalue weighted by Gasteiger charge is 2.18. The smallest absolute Gasteiger partial charge is 0.240 e. The average Bonchev–Trinajstić information content (AvgIpc) is 2.26. The number of halogens is 1. The molecule has 1 aromatic rings. The SMILES string of the molecule is CCCC(O)CNS(=O)(=O)c1ccc(F)cc1C. The molecule has 0 radical (unpaired) electrons. The Morgan fingerprint density at radius 1 is 1.44 bits per heavy atom. The van der Waals surface area contributed by atoms with Gasteiger partial charge in [0.2, 0.25) is 10.0 Å². The summed E-state index contributed by atoms with van der Waals surface area (Å²) in [5, 5.41) is 9.49. The van der Waals surface area contributed by atoms with E-state index in [4.69, 9.17) is 0 Å². The van der Waals surface area contributed by atoms with Gasteiger partial charge in [-0.15, -0.1) is 0 Å². The van der Waals surface area contributed by atoms with Crippen molar-refractivity contribution in [1.29, 1.82) is 0 Å². The lowest BCUT2D eigenvalue weighted by atomic mass is 10.2. The number of aliphatic hydroxyl groups is 1. The first kappa shape index (κ1) is 15.1. The fourth-order valence-corrected chi connectivity index (χ4v) is 2.93. The van der Waals surface area contributed by atoms with Crippen LogP contribution in [0.3, 0.4) is 0 Å². The molecule has 0 aliphatic rings. The van der Waals surface area contributed by atoms with Crippen molar-refractivity contribution < 1.29 is 17.9 Å². The third-order valence-electron chi connectivity index (χ3n) is 2.56. The summed E-state index contributed by atoms with van der Waals surface area (Å²) in [7, 11) is -3.70. The molecule has 0 fully saturated rings. The molecule has 0 bridgehead atoms. The number of aryl methyl sites for hydroxylation is 1. The van der Waals surface area contributed by atoms with Crippen molar-refractivity contribution >= 4 is 10.0 Å². The molecule has 18 heavy (non-hydrogen) atoms. The lowest BCUT2D eigenvalue weighted by Gasteiger charge is -2.12. The first-order valence-electron chi connectivity index (χ1n) is 5.80. The number of sulfonamides is 1. The Morgan fingerprint density at radius 3 is 2.67 bits per heavy atom. The molecule has 2 N–H and O–H groups in total. The van der Waals surface area contributed by atoms with Crippen LogP contribution in [0.5, 0.6) is 0 Å². The van der Waals surface area contributed by atoms with Crippen molar-refractivity contribution in [2.45, 2.75) is 37.7 Å². The van der Waals surface area contributed by atoms with Crippen LogP contribution in [0.1, 0.15) is 25.3 Å². The molecular weight excluding hydrogens is 257 g/mol. The zero-order valence-electron chi connectivity index (χ0n) is 10.5. The molecule has 4 nitrogen and oxygen atoms in total. The van der Waals surface area contributed by atoms with Crippen LogP contribution in [0.25, 0.3) is 0 Å². The second-order valence-corrected chi connectivity index (χ2v) is 5.94. The monoisotopic (exact) mass is 275 g/mol. The van der Waals surface area contributed by atoms with E-state index in [1.54, 1.807) is 0 Å². The summed E-state index contributed by atoms with van der Waals surface area (Å²) >= 11 is 0. The normalized spacial score (nSPS) is 13.6. The average molecular weight is 275 g/mol. The summed E-state index contributed by atoms with van der Waals surface area (Å²) < 4.78 is 39.1. The molecule has 0 aliphatic heterocycles. The van der Waals surface area contributed by atoms with Crippen molar-refractivity contribution in [3.63, 3.8) is 0 Å².